The van der Waals surface area contributed by atoms with Crippen molar-refractivity contribution in [2.24, 2.45) is 11.8 Å². The standard InChI is InChI=1S/C16H26N2O/c1-12-6-7-16(19)13(10-12)11-14-8-9-18(17-14)15-4-2-3-5-15/h8-9,12-13,15-16,19H,2-7,10-11H2,1H3. The molecule has 3 rings (SSSR count). The van der Waals surface area contributed by atoms with E-state index in [4.69, 9.17) is 5.10 Å². The maximum absolute atomic E-state index is 10.1. The molecule has 0 saturated heterocycles. The number of aromatic nitrogens is 2. The van der Waals surface area contributed by atoms with Gasteiger partial charge >= 0.3 is 0 Å². The smallest absolute Gasteiger partial charge is 0.0628 e. The summed E-state index contributed by atoms with van der Waals surface area (Å²) in [7, 11) is 0. The van der Waals surface area contributed by atoms with E-state index in [0.29, 0.717) is 12.0 Å². The van der Waals surface area contributed by atoms with E-state index in [1.807, 2.05) is 0 Å². The summed E-state index contributed by atoms with van der Waals surface area (Å²) in [5, 5.41) is 14.9. The average molecular weight is 262 g/mol. The lowest BCUT2D eigenvalue weighted by Crippen LogP contribution is -2.29. The van der Waals surface area contributed by atoms with Crippen LogP contribution in [-0.2, 0) is 6.42 Å². The van der Waals surface area contributed by atoms with Gasteiger partial charge in [-0.05, 0) is 56.4 Å². The minimum atomic E-state index is -0.118. The van der Waals surface area contributed by atoms with Gasteiger partial charge in [-0.2, -0.15) is 5.10 Å². The van der Waals surface area contributed by atoms with Gasteiger partial charge in [0.25, 0.3) is 0 Å². The molecule has 106 valence electrons. The van der Waals surface area contributed by atoms with Crippen LogP contribution >= 0.6 is 0 Å². The first-order valence-electron chi connectivity index (χ1n) is 7.94. The number of aliphatic hydroxyl groups excluding tert-OH is 1. The fraction of sp³-hybridized carbons (Fsp3) is 0.812. The minimum Gasteiger partial charge on any atom is -0.393 e. The lowest BCUT2D eigenvalue weighted by Gasteiger charge is -2.31. The molecular weight excluding hydrogens is 236 g/mol. The van der Waals surface area contributed by atoms with E-state index in [2.05, 4.69) is 23.9 Å². The maximum atomic E-state index is 10.1. The number of rotatable bonds is 3. The van der Waals surface area contributed by atoms with Crippen molar-refractivity contribution in [1.29, 1.82) is 0 Å². The SMILES string of the molecule is CC1CCC(O)C(Cc2ccn(C3CCCC3)n2)C1. The largest absolute Gasteiger partial charge is 0.393 e. The van der Waals surface area contributed by atoms with E-state index in [1.165, 1.54) is 37.8 Å². The zero-order valence-corrected chi connectivity index (χ0v) is 12.0. The van der Waals surface area contributed by atoms with Crippen molar-refractivity contribution in [1.82, 2.24) is 9.78 Å². The number of hydrogen-bond donors (Lipinski definition) is 1. The summed E-state index contributed by atoms with van der Waals surface area (Å²) >= 11 is 0. The highest BCUT2D eigenvalue weighted by Crippen LogP contribution is 2.32. The highest BCUT2D eigenvalue weighted by atomic mass is 16.3. The molecular formula is C16H26N2O. The Morgan fingerprint density at radius 1 is 1.26 bits per heavy atom. The molecule has 19 heavy (non-hydrogen) atoms. The van der Waals surface area contributed by atoms with Crippen LogP contribution in [0.3, 0.4) is 0 Å². The van der Waals surface area contributed by atoms with E-state index < -0.39 is 0 Å². The van der Waals surface area contributed by atoms with E-state index in [0.717, 1.165) is 25.2 Å². The van der Waals surface area contributed by atoms with Gasteiger partial charge in [-0.15, -0.1) is 0 Å². The molecule has 0 bridgehead atoms. The lowest BCUT2D eigenvalue weighted by atomic mass is 9.78. The van der Waals surface area contributed by atoms with Crippen molar-refractivity contribution in [2.45, 2.75) is 70.4 Å². The van der Waals surface area contributed by atoms with Gasteiger partial charge in [0.15, 0.2) is 0 Å². The first kappa shape index (κ1) is 13.2. The van der Waals surface area contributed by atoms with Gasteiger partial charge in [-0.1, -0.05) is 19.8 Å². The second kappa shape index (κ2) is 5.66. The van der Waals surface area contributed by atoms with Gasteiger partial charge in [-0.25, -0.2) is 0 Å². The Balaban J connectivity index is 1.62. The van der Waals surface area contributed by atoms with Crippen molar-refractivity contribution in [2.75, 3.05) is 0 Å². The highest BCUT2D eigenvalue weighted by molar-refractivity contribution is 5.03. The van der Waals surface area contributed by atoms with E-state index in [-0.39, 0.29) is 6.10 Å². The van der Waals surface area contributed by atoms with Crippen LogP contribution in [0.4, 0.5) is 0 Å². The zero-order chi connectivity index (χ0) is 13.2. The summed E-state index contributed by atoms with van der Waals surface area (Å²) in [6.45, 7) is 2.30. The molecule has 0 radical (unpaired) electrons. The van der Waals surface area contributed by atoms with Crippen molar-refractivity contribution >= 4 is 0 Å². The molecule has 2 saturated carbocycles. The molecule has 1 aromatic heterocycles. The van der Waals surface area contributed by atoms with Crippen LogP contribution in [0.15, 0.2) is 12.3 Å². The van der Waals surface area contributed by atoms with Crippen LogP contribution in [0.25, 0.3) is 0 Å². The van der Waals surface area contributed by atoms with Crippen molar-refractivity contribution in [3.8, 4) is 0 Å². The molecule has 2 aliphatic carbocycles. The van der Waals surface area contributed by atoms with Crippen LogP contribution in [0.1, 0.15) is 63.6 Å². The van der Waals surface area contributed by atoms with Gasteiger partial charge in [0.1, 0.15) is 0 Å². The first-order chi connectivity index (χ1) is 9.22. The fourth-order valence-electron chi connectivity index (χ4n) is 3.83. The molecule has 3 nitrogen and oxygen atoms in total. The van der Waals surface area contributed by atoms with Crippen LogP contribution in [-0.4, -0.2) is 21.0 Å². The van der Waals surface area contributed by atoms with E-state index in [9.17, 15) is 5.11 Å². The van der Waals surface area contributed by atoms with Crippen molar-refractivity contribution in [3.05, 3.63) is 18.0 Å². The maximum Gasteiger partial charge on any atom is 0.0628 e. The van der Waals surface area contributed by atoms with Gasteiger partial charge < -0.3 is 5.11 Å². The summed E-state index contributed by atoms with van der Waals surface area (Å²) < 4.78 is 2.17. The fourth-order valence-corrected chi connectivity index (χ4v) is 3.83. The summed E-state index contributed by atoms with van der Waals surface area (Å²) in [6.07, 6.45) is 11.5. The molecule has 2 fully saturated rings. The van der Waals surface area contributed by atoms with Crippen LogP contribution in [0.5, 0.6) is 0 Å². The predicted octanol–water partition coefficient (Wildman–Crippen LogP) is 3.34. The molecule has 0 spiro atoms. The van der Waals surface area contributed by atoms with Gasteiger partial charge in [0, 0.05) is 6.20 Å². The minimum absolute atomic E-state index is 0.118. The second-order valence-electron chi connectivity index (χ2n) is 6.68. The summed E-state index contributed by atoms with van der Waals surface area (Å²) in [5.41, 5.74) is 1.17. The average Bonchev–Trinajstić information content (AvgIpc) is 3.04. The summed E-state index contributed by atoms with van der Waals surface area (Å²) in [4.78, 5) is 0. The van der Waals surface area contributed by atoms with Crippen LogP contribution in [0.2, 0.25) is 0 Å². The van der Waals surface area contributed by atoms with Crippen LogP contribution < -0.4 is 0 Å². The molecule has 3 atom stereocenters. The number of hydrogen-bond acceptors (Lipinski definition) is 2. The Bertz CT molecular complexity index is 409. The molecule has 0 aromatic carbocycles. The molecule has 3 unspecified atom stereocenters. The third kappa shape index (κ3) is 3.02. The lowest BCUT2D eigenvalue weighted by molar-refractivity contribution is 0.0514. The van der Waals surface area contributed by atoms with Gasteiger partial charge in [-0.3, -0.25) is 4.68 Å². The molecule has 3 heteroatoms. The second-order valence-corrected chi connectivity index (χ2v) is 6.68. The highest BCUT2D eigenvalue weighted by Gasteiger charge is 2.28. The Kier molecular flexibility index (Phi) is 3.92. The Labute approximate surface area is 116 Å². The molecule has 0 aliphatic heterocycles. The third-order valence-corrected chi connectivity index (χ3v) is 5.04. The number of aliphatic hydroxyl groups is 1. The molecule has 2 aliphatic rings. The summed E-state index contributed by atoms with van der Waals surface area (Å²) in [6, 6.07) is 2.79. The van der Waals surface area contributed by atoms with E-state index in [1.54, 1.807) is 0 Å². The molecule has 0 amide bonds. The normalized spacial score (nSPS) is 32.8. The quantitative estimate of drug-likeness (QED) is 0.907. The van der Waals surface area contributed by atoms with E-state index >= 15 is 0 Å². The Morgan fingerprint density at radius 2 is 2.05 bits per heavy atom. The topological polar surface area (TPSA) is 38.0 Å². The van der Waals surface area contributed by atoms with Crippen LogP contribution in [0, 0.1) is 11.8 Å². The monoisotopic (exact) mass is 262 g/mol. The van der Waals surface area contributed by atoms with Crippen molar-refractivity contribution < 1.29 is 5.11 Å². The summed E-state index contributed by atoms with van der Waals surface area (Å²) in [5.74, 6) is 1.17. The predicted molar refractivity (Wildman–Crippen MR) is 75.9 cm³/mol. The van der Waals surface area contributed by atoms with Gasteiger partial charge in [0.2, 0.25) is 0 Å². The first-order valence-corrected chi connectivity index (χ1v) is 7.94. The zero-order valence-electron chi connectivity index (χ0n) is 12.0. The Hall–Kier alpha value is -0.830. The number of nitrogens with zero attached hydrogens (tertiary/aromatic N) is 2. The van der Waals surface area contributed by atoms with Gasteiger partial charge in [0.05, 0.1) is 17.8 Å². The molecule has 1 aromatic rings. The third-order valence-electron chi connectivity index (χ3n) is 5.04. The van der Waals surface area contributed by atoms with Crippen molar-refractivity contribution in [3.63, 3.8) is 0 Å². The molecule has 1 heterocycles. The molecule has 1 N–H and O–H groups in total. The Morgan fingerprint density at radius 3 is 2.84 bits per heavy atom.